The highest BCUT2D eigenvalue weighted by molar-refractivity contribution is 6.02. The van der Waals surface area contributed by atoms with Gasteiger partial charge in [-0.25, -0.2) is 4.98 Å². The number of amides is 1. The van der Waals surface area contributed by atoms with Crippen molar-refractivity contribution in [3.05, 3.63) is 97.0 Å². The third kappa shape index (κ3) is 3.72. The first kappa shape index (κ1) is 19.6. The number of aromatic nitrogens is 3. The Kier molecular flexibility index (Phi) is 5.13. The Morgan fingerprint density at radius 3 is 2.75 bits per heavy atom. The quantitative estimate of drug-likeness (QED) is 0.431. The molecular weight excluding hydrogens is 404 g/mol. The number of methoxy groups -OCH3 is 1. The Morgan fingerprint density at radius 2 is 1.97 bits per heavy atom. The molecule has 4 heterocycles. The normalized spacial score (nSPS) is 10.9. The minimum atomic E-state index is -0.188. The standard InChI is InChI=1S/C25H20N4O3/c1-31-21-4-2-3-18(11-21)19-5-6-20-12-22(24(29(20)14-19)23-15-32-16-28-23)25(30)27-13-17-7-9-26-10-8-17/h2-12,14-16H,13H2,1H3,(H,27,30). The van der Waals surface area contributed by atoms with Gasteiger partial charge < -0.3 is 18.9 Å². The van der Waals surface area contributed by atoms with Crippen molar-refractivity contribution in [3.8, 4) is 28.3 Å². The highest BCUT2D eigenvalue weighted by Gasteiger charge is 2.20. The van der Waals surface area contributed by atoms with Gasteiger partial charge in [0.25, 0.3) is 5.91 Å². The third-order valence-corrected chi connectivity index (χ3v) is 5.29. The van der Waals surface area contributed by atoms with Crippen LogP contribution in [0.25, 0.3) is 28.0 Å². The molecule has 0 aliphatic carbocycles. The first-order valence-corrected chi connectivity index (χ1v) is 10.1. The van der Waals surface area contributed by atoms with Crippen molar-refractivity contribution in [1.29, 1.82) is 0 Å². The largest absolute Gasteiger partial charge is 0.497 e. The van der Waals surface area contributed by atoms with Crippen LogP contribution in [0.3, 0.4) is 0 Å². The van der Waals surface area contributed by atoms with Gasteiger partial charge in [-0.1, -0.05) is 18.2 Å². The summed E-state index contributed by atoms with van der Waals surface area (Å²) < 4.78 is 12.5. The van der Waals surface area contributed by atoms with Crippen LogP contribution in [0.1, 0.15) is 15.9 Å². The van der Waals surface area contributed by atoms with Crippen LogP contribution in [0.15, 0.2) is 90.3 Å². The molecule has 0 spiro atoms. The molecule has 4 aromatic heterocycles. The maximum absolute atomic E-state index is 13.1. The second kappa shape index (κ2) is 8.39. The summed E-state index contributed by atoms with van der Waals surface area (Å²) in [5, 5.41) is 2.98. The lowest BCUT2D eigenvalue weighted by molar-refractivity contribution is 0.0951. The molecule has 0 bridgehead atoms. The van der Waals surface area contributed by atoms with E-state index >= 15 is 0 Å². The molecule has 32 heavy (non-hydrogen) atoms. The number of oxazole rings is 1. The summed E-state index contributed by atoms with van der Waals surface area (Å²) in [6.07, 6.45) is 8.30. The van der Waals surface area contributed by atoms with E-state index in [0.29, 0.717) is 23.5 Å². The monoisotopic (exact) mass is 424 g/mol. The minimum Gasteiger partial charge on any atom is -0.497 e. The highest BCUT2D eigenvalue weighted by Crippen LogP contribution is 2.30. The Morgan fingerprint density at radius 1 is 1.09 bits per heavy atom. The molecule has 5 rings (SSSR count). The summed E-state index contributed by atoms with van der Waals surface area (Å²) >= 11 is 0. The topological polar surface area (TPSA) is 81.7 Å². The first-order chi connectivity index (χ1) is 15.7. The predicted molar refractivity (Wildman–Crippen MR) is 120 cm³/mol. The lowest BCUT2D eigenvalue weighted by atomic mass is 10.1. The van der Waals surface area contributed by atoms with E-state index in [-0.39, 0.29) is 5.91 Å². The molecule has 0 saturated carbocycles. The number of nitrogens with zero attached hydrogens (tertiary/aromatic N) is 3. The van der Waals surface area contributed by atoms with Gasteiger partial charge in [-0.05, 0) is 53.1 Å². The van der Waals surface area contributed by atoms with Crippen LogP contribution in [0.4, 0.5) is 0 Å². The minimum absolute atomic E-state index is 0.188. The molecule has 1 aromatic carbocycles. The van der Waals surface area contributed by atoms with Gasteiger partial charge in [-0.3, -0.25) is 9.78 Å². The molecule has 1 amide bonds. The van der Waals surface area contributed by atoms with E-state index in [4.69, 9.17) is 9.15 Å². The second-order valence-electron chi connectivity index (χ2n) is 7.26. The molecule has 7 heteroatoms. The average Bonchev–Trinajstić information content (AvgIpc) is 3.50. The second-order valence-corrected chi connectivity index (χ2v) is 7.26. The number of benzene rings is 1. The van der Waals surface area contributed by atoms with Gasteiger partial charge in [-0.15, -0.1) is 0 Å². The lowest BCUT2D eigenvalue weighted by Gasteiger charge is -2.08. The van der Waals surface area contributed by atoms with Crippen molar-refractivity contribution in [2.24, 2.45) is 0 Å². The van der Waals surface area contributed by atoms with Gasteiger partial charge in [0.05, 0.1) is 18.4 Å². The molecular formula is C25H20N4O3. The van der Waals surface area contributed by atoms with Crippen molar-refractivity contribution in [1.82, 2.24) is 19.7 Å². The summed E-state index contributed by atoms with van der Waals surface area (Å²) in [4.78, 5) is 21.4. The van der Waals surface area contributed by atoms with Crippen LogP contribution in [0.2, 0.25) is 0 Å². The van der Waals surface area contributed by atoms with Crippen molar-refractivity contribution in [2.75, 3.05) is 7.11 Å². The Bertz CT molecular complexity index is 1380. The molecule has 7 nitrogen and oxygen atoms in total. The van der Waals surface area contributed by atoms with E-state index in [1.165, 1.54) is 6.39 Å². The molecule has 5 aromatic rings. The van der Waals surface area contributed by atoms with Crippen molar-refractivity contribution < 1.29 is 13.9 Å². The SMILES string of the molecule is COc1cccc(-c2ccc3cc(C(=O)NCc4ccncc4)c(-c4cocn4)n3c2)c1. The van der Waals surface area contributed by atoms with Gasteiger partial charge in [0.1, 0.15) is 17.7 Å². The van der Waals surface area contributed by atoms with Crippen molar-refractivity contribution >= 4 is 11.4 Å². The van der Waals surface area contributed by atoms with E-state index < -0.39 is 0 Å². The van der Waals surface area contributed by atoms with Gasteiger partial charge in [-0.2, -0.15) is 0 Å². The molecule has 0 aliphatic rings. The van der Waals surface area contributed by atoms with Crippen LogP contribution in [0, 0.1) is 0 Å². The zero-order valence-electron chi connectivity index (χ0n) is 17.4. The van der Waals surface area contributed by atoms with E-state index in [0.717, 1.165) is 28.0 Å². The number of carbonyl (C=O) groups excluding carboxylic acids is 1. The number of fused-ring (bicyclic) bond motifs is 1. The molecule has 0 radical (unpaired) electrons. The predicted octanol–water partition coefficient (Wildman–Crippen LogP) is 4.59. The van der Waals surface area contributed by atoms with E-state index in [1.54, 1.807) is 25.8 Å². The smallest absolute Gasteiger partial charge is 0.253 e. The molecule has 1 N–H and O–H groups in total. The van der Waals surface area contributed by atoms with Crippen LogP contribution in [0.5, 0.6) is 5.75 Å². The van der Waals surface area contributed by atoms with Gasteiger partial charge in [0.2, 0.25) is 0 Å². The first-order valence-electron chi connectivity index (χ1n) is 10.1. The molecule has 0 fully saturated rings. The third-order valence-electron chi connectivity index (χ3n) is 5.29. The maximum atomic E-state index is 13.1. The number of pyridine rings is 2. The fourth-order valence-corrected chi connectivity index (χ4v) is 3.68. The lowest BCUT2D eigenvalue weighted by Crippen LogP contribution is -2.23. The molecule has 0 atom stereocenters. The number of hydrogen-bond donors (Lipinski definition) is 1. The summed E-state index contributed by atoms with van der Waals surface area (Å²) in [6.45, 7) is 0.404. The number of rotatable bonds is 6. The van der Waals surface area contributed by atoms with E-state index in [1.807, 2.05) is 65.2 Å². The Balaban J connectivity index is 1.57. The number of nitrogens with one attached hydrogen (secondary N) is 1. The molecule has 158 valence electrons. The van der Waals surface area contributed by atoms with Crippen molar-refractivity contribution in [3.63, 3.8) is 0 Å². The Labute approximate surface area is 184 Å². The zero-order valence-corrected chi connectivity index (χ0v) is 17.4. The average molecular weight is 424 g/mol. The molecule has 0 aliphatic heterocycles. The van der Waals surface area contributed by atoms with Crippen LogP contribution < -0.4 is 10.1 Å². The zero-order chi connectivity index (χ0) is 21.9. The molecule has 0 unspecified atom stereocenters. The Hall–Kier alpha value is -4.39. The maximum Gasteiger partial charge on any atom is 0.253 e. The van der Waals surface area contributed by atoms with Crippen LogP contribution >= 0.6 is 0 Å². The summed E-state index contributed by atoms with van der Waals surface area (Å²) in [7, 11) is 1.65. The summed E-state index contributed by atoms with van der Waals surface area (Å²) in [5.41, 5.74) is 5.63. The van der Waals surface area contributed by atoms with E-state index in [2.05, 4.69) is 15.3 Å². The fraction of sp³-hybridized carbons (Fsp3) is 0.0800. The number of hydrogen-bond acceptors (Lipinski definition) is 5. The highest BCUT2D eigenvalue weighted by atomic mass is 16.5. The van der Waals surface area contributed by atoms with Gasteiger partial charge in [0.15, 0.2) is 6.39 Å². The summed E-state index contributed by atoms with van der Waals surface area (Å²) in [6, 6.07) is 17.5. The van der Waals surface area contributed by atoms with Gasteiger partial charge in [0, 0.05) is 30.7 Å². The van der Waals surface area contributed by atoms with Crippen molar-refractivity contribution in [2.45, 2.75) is 6.54 Å². The number of carbonyl (C=O) groups is 1. The number of ether oxygens (including phenoxy) is 1. The van der Waals surface area contributed by atoms with Gasteiger partial charge >= 0.3 is 0 Å². The summed E-state index contributed by atoms with van der Waals surface area (Å²) in [5.74, 6) is 0.592. The fourth-order valence-electron chi connectivity index (χ4n) is 3.68. The van der Waals surface area contributed by atoms with E-state index in [9.17, 15) is 4.79 Å². The molecule has 0 saturated heterocycles. The van der Waals surface area contributed by atoms with Crippen LogP contribution in [-0.4, -0.2) is 27.4 Å². The van der Waals surface area contributed by atoms with Crippen LogP contribution in [-0.2, 0) is 6.54 Å².